The summed E-state index contributed by atoms with van der Waals surface area (Å²) in [4.78, 5) is 53.6. The van der Waals surface area contributed by atoms with Crippen molar-refractivity contribution in [2.24, 2.45) is 70.0 Å². The second kappa shape index (κ2) is 24.0. The Morgan fingerprint density at radius 1 is 0.539 bits per heavy atom. The van der Waals surface area contributed by atoms with Crippen molar-refractivity contribution in [2.75, 3.05) is 13.2 Å². The summed E-state index contributed by atoms with van der Waals surface area (Å²) in [7, 11) is 0. The van der Waals surface area contributed by atoms with Gasteiger partial charge in [0.1, 0.15) is 28.0 Å². The average Bonchev–Trinajstić information content (AvgIpc) is 1.49. The van der Waals surface area contributed by atoms with Gasteiger partial charge in [-0.05, 0) is 102 Å². The molecule has 3 aromatic rings. The zero-order valence-electron chi connectivity index (χ0n) is 52.6. The van der Waals surface area contributed by atoms with Crippen LogP contribution in [-0.4, -0.2) is 95.9 Å². The van der Waals surface area contributed by atoms with Gasteiger partial charge in [0.15, 0.2) is 11.6 Å². The molecule has 14 atom stereocenters. The molecule has 0 saturated heterocycles. The molecular formula is C77H102O12. The molecule has 89 heavy (non-hydrogen) atoms. The number of hydrogen-bond acceptors (Lipinski definition) is 12. The van der Waals surface area contributed by atoms with Crippen molar-refractivity contribution >= 4 is 23.5 Å². The molecule has 13 rings (SSSR count). The predicted molar refractivity (Wildman–Crippen MR) is 345 cm³/mol. The Kier molecular flexibility index (Phi) is 17.9. The molecule has 0 heterocycles. The number of aliphatic hydroxyl groups excluding tert-OH is 1. The van der Waals surface area contributed by atoms with Crippen molar-refractivity contribution in [2.45, 2.75) is 212 Å². The first kappa shape index (κ1) is 66.6. The van der Waals surface area contributed by atoms with Crippen LogP contribution in [0.3, 0.4) is 0 Å². The minimum atomic E-state index is -1.83. The van der Waals surface area contributed by atoms with Gasteiger partial charge >= 0.3 is 11.9 Å². The Labute approximate surface area is 529 Å². The van der Waals surface area contributed by atoms with E-state index in [0.717, 1.165) is 35.1 Å². The first-order valence-corrected chi connectivity index (χ1v) is 32.9. The molecule has 0 amide bonds. The van der Waals surface area contributed by atoms with Gasteiger partial charge in [0.05, 0.1) is 24.4 Å². The Hall–Kier alpha value is -5.34. The van der Waals surface area contributed by atoms with Crippen LogP contribution < -0.4 is 0 Å². The lowest BCUT2D eigenvalue weighted by atomic mass is 9.60. The quantitative estimate of drug-likeness (QED) is 0.0549. The number of ether oxygens (including phenoxy) is 3. The maximum atomic E-state index is 14.0. The molecule has 0 unspecified atom stereocenters. The van der Waals surface area contributed by atoms with Crippen LogP contribution in [0.2, 0.25) is 0 Å². The fourth-order valence-electron chi connectivity index (χ4n) is 19.9. The lowest BCUT2D eigenvalue weighted by Crippen LogP contribution is -2.61. The Balaban J connectivity index is 0.000000210. The third kappa shape index (κ3) is 10.3. The molecule has 0 aromatic heterocycles. The van der Waals surface area contributed by atoms with E-state index in [4.69, 9.17) is 14.2 Å². The van der Waals surface area contributed by atoms with E-state index in [9.17, 15) is 44.7 Å². The standard InChI is InChI=1S/C47H54O6.C28H40O6.2CH4/c1-31-26-39-44(50,42(31)49)29-34(30-52-47(35-18-8-5-9-19-35,36-20-10-6-11-21-36)37-22-12-7-13-23-37)27-38-41-43(3,4)45(41,28-32(2)46(38,39)51)53-40(48)25-24-33-16-14-15-17-33;1-16-11-21-26(32,24(16)31)14-19(15-29)12-20-23-25(3,4)27(23,13-17(2)28(20,21)33)34-22(30)10-9-18-7-5-6-8-18;;/h5-13,18-23,26-27,32-33,38-39,41,50-51H,14-17,24-25,28-30H2,1-4H3;11-12,17-18,20-21,23,29,32-33H,5-10,13-15H2,1-4H3;2*1H4/t32-,38+,39-,41-,44-,45+,46-;17-,20+,21-,23-,26-,27+,28-;;/m11../s1. The van der Waals surface area contributed by atoms with E-state index in [1.807, 2.05) is 80.6 Å². The number of Topliss-reactive ketones (excluding diaryl/α,β-unsaturated/α-hetero) is 2. The van der Waals surface area contributed by atoms with Crippen LogP contribution in [0.25, 0.3) is 0 Å². The Morgan fingerprint density at radius 3 is 1.25 bits per heavy atom. The van der Waals surface area contributed by atoms with Gasteiger partial charge in [0, 0.05) is 72.0 Å². The number of esters is 2. The largest absolute Gasteiger partial charge is 0.458 e. The number of fused-ring (bicyclic) bond motifs is 10. The number of benzene rings is 3. The normalized spacial score (nSPS) is 37.0. The molecule has 6 fully saturated rings. The monoisotopic (exact) mass is 1220 g/mol. The number of hydrogen-bond donors (Lipinski definition) is 5. The topological polar surface area (TPSA) is 197 Å². The minimum absolute atomic E-state index is 0. The van der Waals surface area contributed by atoms with E-state index in [0.29, 0.717) is 54.2 Å². The van der Waals surface area contributed by atoms with Crippen LogP contribution in [0.5, 0.6) is 0 Å². The summed E-state index contributed by atoms with van der Waals surface area (Å²) >= 11 is 0. The van der Waals surface area contributed by atoms with Crippen LogP contribution in [-0.2, 0) is 39.0 Å². The Bertz CT molecular complexity index is 3180. The second-order valence-electron chi connectivity index (χ2n) is 29.9. The molecule has 482 valence electrons. The lowest BCUT2D eigenvalue weighted by Gasteiger charge is -2.50. The summed E-state index contributed by atoms with van der Waals surface area (Å²) in [6.07, 6.45) is 20.8. The van der Waals surface area contributed by atoms with E-state index in [1.54, 1.807) is 19.9 Å². The molecule has 0 radical (unpaired) electrons. The van der Waals surface area contributed by atoms with Crippen molar-refractivity contribution in [1.29, 1.82) is 0 Å². The lowest BCUT2D eigenvalue weighted by molar-refractivity contribution is -0.187. The summed E-state index contributed by atoms with van der Waals surface area (Å²) in [5, 5.41) is 59.7. The second-order valence-corrected chi connectivity index (χ2v) is 29.9. The number of carbonyl (C=O) groups excluding carboxylic acids is 4. The van der Waals surface area contributed by atoms with E-state index in [2.05, 4.69) is 70.2 Å². The van der Waals surface area contributed by atoms with Gasteiger partial charge < -0.3 is 39.7 Å². The first-order valence-electron chi connectivity index (χ1n) is 32.9. The highest BCUT2D eigenvalue weighted by Gasteiger charge is 2.85. The highest BCUT2D eigenvalue weighted by atomic mass is 16.6. The van der Waals surface area contributed by atoms with Crippen LogP contribution >= 0.6 is 0 Å². The van der Waals surface area contributed by atoms with Gasteiger partial charge in [0.2, 0.25) is 0 Å². The number of aliphatic hydroxyl groups is 5. The summed E-state index contributed by atoms with van der Waals surface area (Å²) in [5.74, 6) is -3.37. The fourth-order valence-corrected chi connectivity index (χ4v) is 19.9. The molecule has 10 aliphatic rings. The van der Waals surface area contributed by atoms with Gasteiger partial charge in [0.25, 0.3) is 0 Å². The number of ketones is 2. The molecular weight excluding hydrogens is 1120 g/mol. The minimum Gasteiger partial charge on any atom is -0.458 e. The maximum Gasteiger partial charge on any atom is 0.306 e. The molecule has 3 aromatic carbocycles. The summed E-state index contributed by atoms with van der Waals surface area (Å²) in [6, 6.07) is 30.5. The van der Waals surface area contributed by atoms with E-state index < -0.39 is 68.3 Å². The highest BCUT2D eigenvalue weighted by Crippen LogP contribution is 2.78. The first-order chi connectivity index (χ1) is 41.3. The zero-order valence-corrected chi connectivity index (χ0v) is 52.6. The molecule has 12 nitrogen and oxygen atoms in total. The highest BCUT2D eigenvalue weighted by molar-refractivity contribution is 6.05. The van der Waals surface area contributed by atoms with Gasteiger partial charge in [-0.25, -0.2) is 0 Å². The average molecular weight is 1220 g/mol. The molecule has 10 aliphatic carbocycles. The Morgan fingerprint density at radius 2 is 0.888 bits per heavy atom. The summed E-state index contributed by atoms with van der Waals surface area (Å²) < 4.78 is 20.1. The van der Waals surface area contributed by atoms with Gasteiger partial charge in [-0.15, -0.1) is 0 Å². The van der Waals surface area contributed by atoms with Crippen LogP contribution in [0, 0.1) is 70.0 Å². The fraction of sp³-hybridized carbons (Fsp3) is 0.610. The van der Waals surface area contributed by atoms with Gasteiger partial charge in [-0.1, -0.05) is 223 Å². The molecule has 5 N–H and O–H groups in total. The summed E-state index contributed by atoms with van der Waals surface area (Å²) in [6.45, 7) is 15.6. The maximum absolute atomic E-state index is 14.0. The van der Waals surface area contributed by atoms with E-state index >= 15 is 0 Å². The van der Waals surface area contributed by atoms with Crippen molar-refractivity contribution in [3.63, 3.8) is 0 Å². The SMILES string of the molecule is C.C.CC1=C[C@H]2[C@@]3(O)[C@H](C)C[C@]4(OC(=O)CCC5CCCC5)[C@H]([C@@H]3C=C(CO)C[C@]2(O)C1=O)C4(C)C.CC1=C[C@H]2[C@@]3(O)[C@H](C)C[C@]4(OC(=O)CCC5CCCC5)[C@H]([C@@H]3C=C(COC(c3ccccc3)(c3ccccc3)c3ccccc3)C[C@]2(O)C1=O)C4(C)C. The smallest absolute Gasteiger partial charge is 0.306 e. The van der Waals surface area contributed by atoms with Crippen LogP contribution in [0.15, 0.2) is 138 Å². The summed E-state index contributed by atoms with van der Waals surface area (Å²) in [5.41, 5.74) is -4.55. The van der Waals surface area contributed by atoms with Gasteiger partial charge in [-0.2, -0.15) is 0 Å². The zero-order chi connectivity index (χ0) is 61.9. The third-order valence-corrected chi connectivity index (χ3v) is 24.6. The third-order valence-electron chi connectivity index (χ3n) is 24.6. The molecule has 0 bridgehead atoms. The van der Waals surface area contributed by atoms with E-state index in [1.165, 1.54) is 51.4 Å². The predicted octanol–water partition coefficient (Wildman–Crippen LogP) is 13.2. The molecule has 12 heteroatoms. The molecule has 6 saturated carbocycles. The van der Waals surface area contributed by atoms with Crippen molar-refractivity contribution < 1.29 is 58.9 Å². The van der Waals surface area contributed by atoms with Crippen molar-refractivity contribution in [3.8, 4) is 0 Å². The van der Waals surface area contributed by atoms with Crippen LogP contribution in [0.1, 0.15) is 190 Å². The van der Waals surface area contributed by atoms with Crippen molar-refractivity contribution in [3.05, 3.63) is 154 Å². The molecule has 0 spiro atoms. The van der Waals surface area contributed by atoms with E-state index in [-0.39, 0.29) is 93.5 Å². The van der Waals surface area contributed by atoms with Gasteiger partial charge in [-0.3, -0.25) is 19.2 Å². The number of rotatable bonds is 15. The van der Waals surface area contributed by atoms with Crippen molar-refractivity contribution in [1.82, 2.24) is 0 Å². The van der Waals surface area contributed by atoms with Crippen LogP contribution in [0.4, 0.5) is 0 Å². The molecule has 0 aliphatic heterocycles. The number of carbonyl (C=O) groups is 4.